The van der Waals surface area contributed by atoms with E-state index < -0.39 is 6.04 Å². The number of amides is 2. The summed E-state index contributed by atoms with van der Waals surface area (Å²) in [7, 11) is 0. The van der Waals surface area contributed by atoms with Crippen LogP contribution in [0.5, 0.6) is 0 Å². The fourth-order valence-electron chi connectivity index (χ4n) is 3.58. The molecule has 0 aliphatic rings. The van der Waals surface area contributed by atoms with Crippen LogP contribution in [0.15, 0.2) is 83.8 Å². The summed E-state index contributed by atoms with van der Waals surface area (Å²) in [6.07, 6.45) is 0.447. The molecule has 0 aliphatic heterocycles. The van der Waals surface area contributed by atoms with Gasteiger partial charge >= 0.3 is 0 Å². The lowest BCUT2D eigenvalue weighted by Crippen LogP contribution is -2.52. The second kappa shape index (κ2) is 12.6. The molecular formula is C28H31ClN2O2S. The zero-order valence-corrected chi connectivity index (χ0v) is 21.4. The van der Waals surface area contributed by atoms with Gasteiger partial charge in [-0.2, -0.15) is 0 Å². The number of thioether (sulfide) groups is 1. The third kappa shape index (κ3) is 7.93. The molecule has 3 aromatic rings. The van der Waals surface area contributed by atoms with E-state index in [1.54, 1.807) is 4.90 Å². The molecule has 2 amide bonds. The summed E-state index contributed by atoms with van der Waals surface area (Å²) in [5.74, 6) is 0.00413. The molecule has 4 nitrogen and oxygen atoms in total. The van der Waals surface area contributed by atoms with Gasteiger partial charge in [-0.3, -0.25) is 9.59 Å². The maximum absolute atomic E-state index is 13.6. The monoisotopic (exact) mass is 494 g/mol. The number of nitrogens with one attached hydrogen (secondary N) is 1. The van der Waals surface area contributed by atoms with Gasteiger partial charge in [0.2, 0.25) is 11.8 Å². The molecule has 0 fully saturated rings. The maximum atomic E-state index is 13.6. The van der Waals surface area contributed by atoms with E-state index in [-0.39, 0.29) is 23.6 Å². The van der Waals surface area contributed by atoms with Crippen LogP contribution in [0.4, 0.5) is 0 Å². The highest BCUT2D eigenvalue weighted by atomic mass is 35.5. The molecule has 1 atom stereocenters. The minimum absolute atomic E-state index is 0.0226. The average Bonchev–Trinajstić information content (AvgIpc) is 2.82. The first-order valence-electron chi connectivity index (χ1n) is 11.4. The third-order valence-corrected chi connectivity index (χ3v) is 6.60. The van der Waals surface area contributed by atoms with Gasteiger partial charge in [0.25, 0.3) is 0 Å². The van der Waals surface area contributed by atoms with Crippen molar-refractivity contribution in [3.8, 4) is 0 Å². The molecule has 0 saturated carbocycles. The molecular weight excluding hydrogens is 464 g/mol. The van der Waals surface area contributed by atoms with Crippen molar-refractivity contribution >= 4 is 35.2 Å². The molecule has 1 N–H and O–H groups in total. The highest BCUT2D eigenvalue weighted by Gasteiger charge is 2.30. The number of nitrogens with zero attached hydrogens (tertiary/aromatic N) is 1. The van der Waals surface area contributed by atoms with E-state index in [1.807, 2.05) is 99.6 Å². The molecule has 0 heterocycles. The Hall–Kier alpha value is -2.76. The van der Waals surface area contributed by atoms with E-state index in [1.165, 1.54) is 11.8 Å². The third-order valence-electron chi connectivity index (χ3n) is 5.35. The summed E-state index contributed by atoms with van der Waals surface area (Å²) in [4.78, 5) is 29.6. The normalized spacial score (nSPS) is 11.8. The van der Waals surface area contributed by atoms with E-state index in [9.17, 15) is 9.59 Å². The Morgan fingerprint density at radius 1 is 0.912 bits per heavy atom. The van der Waals surface area contributed by atoms with Crippen molar-refractivity contribution in [1.82, 2.24) is 10.2 Å². The molecule has 0 aromatic heterocycles. The summed E-state index contributed by atoms with van der Waals surface area (Å²) < 4.78 is 0. The van der Waals surface area contributed by atoms with Crippen molar-refractivity contribution in [2.45, 2.75) is 50.7 Å². The van der Waals surface area contributed by atoms with Gasteiger partial charge in [0, 0.05) is 28.9 Å². The van der Waals surface area contributed by atoms with Crippen LogP contribution >= 0.6 is 23.4 Å². The van der Waals surface area contributed by atoms with Crippen molar-refractivity contribution in [2.24, 2.45) is 0 Å². The topological polar surface area (TPSA) is 49.4 Å². The molecule has 0 spiro atoms. The predicted octanol–water partition coefficient (Wildman–Crippen LogP) is 5.91. The standard InChI is InChI=1S/C28H31ClN2O2S/c1-20(2)30-28(33)26(17-22-7-5-4-6-8-22)31(18-23-11-9-21(3)10-12-23)27(32)19-34-25-15-13-24(29)14-16-25/h4-16,20,26H,17-19H2,1-3H3,(H,30,33)/t26-/m1/s1. The van der Waals surface area contributed by atoms with E-state index >= 15 is 0 Å². The second-order valence-electron chi connectivity index (χ2n) is 8.62. The lowest BCUT2D eigenvalue weighted by molar-refractivity contribution is -0.139. The zero-order chi connectivity index (χ0) is 24.5. The van der Waals surface area contributed by atoms with Crippen molar-refractivity contribution in [3.05, 3.63) is 101 Å². The molecule has 0 unspecified atom stereocenters. The quantitative estimate of drug-likeness (QED) is 0.357. The summed E-state index contributed by atoms with van der Waals surface area (Å²) in [5, 5.41) is 3.68. The molecule has 6 heteroatoms. The van der Waals surface area contributed by atoms with Gasteiger partial charge in [0.15, 0.2) is 0 Å². The van der Waals surface area contributed by atoms with Gasteiger partial charge in [-0.05, 0) is 56.2 Å². The van der Waals surface area contributed by atoms with E-state index in [0.717, 1.165) is 21.6 Å². The smallest absolute Gasteiger partial charge is 0.243 e. The molecule has 0 bridgehead atoms. The first kappa shape index (κ1) is 25.9. The average molecular weight is 495 g/mol. The lowest BCUT2D eigenvalue weighted by Gasteiger charge is -2.32. The predicted molar refractivity (Wildman–Crippen MR) is 141 cm³/mol. The number of hydrogen-bond acceptors (Lipinski definition) is 3. The van der Waals surface area contributed by atoms with E-state index in [4.69, 9.17) is 11.6 Å². The van der Waals surface area contributed by atoms with Crippen LogP contribution in [0.1, 0.15) is 30.5 Å². The van der Waals surface area contributed by atoms with Gasteiger partial charge < -0.3 is 10.2 Å². The fourth-order valence-corrected chi connectivity index (χ4v) is 4.49. The molecule has 0 saturated heterocycles. The fraction of sp³-hybridized carbons (Fsp3) is 0.286. The number of aryl methyl sites for hydroxylation is 1. The maximum Gasteiger partial charge on any atom is 0.243 e. The molecule has 0 aliphatic carbocycles. The molecule has 0 radical (unpaired) electrons. The first-order chi connectivity index (χ1) is 16.3. The largest absolute Gasteiger partial charge is 0.352 e. The SMILES string of the molecule is Cc1ccc(CN(C(=O)CSc2ccc(Cl)cc2)[C@H](Cc2ccccc2)C(=O)NC(C)C)cc1. The summed E-state index contributed by atoms with van der Waals surface area (Å²) in [6, 6.07) is 24.7. The summed E-state index contributed by atoms with van der Waals surface area (Å²) in [6.45, 7) is 6.26. The highest BCUT2D eigenvalue weighted by Crippen LogP contribution is 2.23. The van der Waals surface area contributed by atoms with Gasteiger partial charge in [0.1, 0.15) is 6.04 Å². The number of halogens is 1. The number of carbonyl (C=O) groups excluding carboxylic acids is 2. The van der Waals surface area contributed by atoms with Crippen LogP contribution in [0.2, 0.25) is 5.02 Å². The summed E-state index contributed by atoms with van der Waals surface area (Å²) in [5.41, 5.74) is 3.16. The Labute approximate surface area is 211 Å². The Balaban J connectivity index is 1.89. The Morgan fingerprint density at radius 3 is 2.18 bits per heavy atom. The minimum atomic E-state index is -0.621. The minimum Gasteiger partial charge on any atom is -0.352 e. The van der Waals surface area contributed by atoms with Gasteiger partial charge in [-0.25, -0.2) is 0 Å². The van der Waals surface area contributed by atoms with E-state index in [0.29, 0.717) is 18.0 Å². The highest BCUT2D eigenvalue weighted by molar-refractivity contribution is 8.00. The number of carbonyl (C=O) groups is 2. The Morgan fingerprint density at radius 2 is 1.56 bits per heavy atom. The molecule has 3 aromatic carbocycles. The Bertz CT molecular complexity index is 1070. The summed E-state index contributed by atoms with van der Waals surface area (Å²) >= 11 is 7.44. The van der Waals surface area contributed by atoms with Crippen LogP contribution < -0.4 is 5.32 Å². The number of benzene rings is 3. The van der Waals surface area contributed by atoms with Crippen LogP contribution in [-0.4, -0.2) is 34.6 Å². The molecule has 3 rings (SSSR count). The van der Waals surface area contributed by atoms with Crippen molar-refractivity contribution in [1.29, 1.82) is 0 Å². The van der Waals surface area contributed by atoms with E-state index in [2.05, 4.69) is 5.32 Å². The van der Waals surface area contributed by atoms with Crippen LogP contribution in [0, 0.1) is 6.92 Å². The van der Waals surface area contributed by atoms with Gasteiger partial charge in [-0.15, -0.1) is 11.8 Å². The zero-order valence-electron chi connectivity index (χ0n) is 19.8. The number of rotatable bonds is 10. The van der Waals surface area contributed by atoms with Gasteiger partial charge in [-0.1, -0.05) is 71.8 Å². The first-order valence-corrected chi connectivity index (χ1v) is 12.8. The van der Waals surface area contributed by atoms with Crippen LogP contribution in [0.25, 0.3) is 0 Å². The van der Waals surface area contributed by atoms with Crippen LogP contribution in [-0.2, 0) is 22.6 Å². The van der Waals surface area contributed by atoms with Crippen molar-refractivity contribution < 1.29 is 9.59 Å². The van der Waals surface area contributed by atoms with Crippen LogP contribution in [0.3, 0.4) is 0 Å². The number of hydrogen-bond donors (Lipinski definition) is 1. The Kier molecular flexibility index (Phi) is 9.61. The van der Waals surface area contributed by atoms with Crippen molar-refractivity contribution in [2.75, 3.05) is 5.75 Å². The van der Waals surface area contributed by atoms with Crippen molar-refractivity contribution in [3.63, 3.8) is 0 Å². The second-order valence-corrected chi connectivity index (χ2v) is 10.1. The molecule has 34 heavy (non-hydrogen) atoms. The van der Waals surface area contributed by atoms with Gasteiger partial charge in [0.05, 0.1) is 5.75 Å². The lowest BCUT2D eigenvalue weighted by atomic mass is 10.0. The molecule has 178 valence electrons.